The topological polar surface area (TPSA) is 85.1 Å². The first kappa shape index (κ1) is 24.2. The molecule has 0 aliphatic carbocycles. The van der Waals surface area contributed by atoms with Crippen molar-refractivity contribution in [3.8, 4) is 17.2 Å². The summed E-state index contributed by atoms with van der Waals surface area (Å²) >= 11 is 6.17. The van der Waals surface area contributed by atoms with Crippen molar-refractivity contribution >= 4 is 17.5 Å². The summed E-state index contributed by atoms with van der Waals surface area (Å²) in [5.41, 5.74) is 1.34. The maximum atomic E-state index is 13.3. The lowest BCUT2D eigenvalue weighted by molar-refractivity contribution is -0.122. The largest absolute Gasteiger partial charge is 0.352 e. The van der Waals surface area contributed by atoms with Crippen LogP contribution in [0.2, 0.25) is 5.02 Å². The second-order valence-electron chi connectivity index (χ2n) is 9.01. The van der Waals surface area contributed by atoms with E-state index in [9.17, 15) is 9.59 Å². The molecule has 180 valence electrons. The highest BCUT2D eigenvalue weighted by Gasteiger charge is 2.20. The Hall–Kier alpha value is -2.97. The number of pyridine rings is 1. The van der Waals surface area contributed by atoms with Crippen LogP contribution in [0.15, 0.2) is 47.4 Å². The molecule has 3 heterocycles. The molecule has 0 spiro atoms. The van der Waals surface area contributed by atoms with E-state index in [1.807, 2.05) is 26.0 Å². The number of aromatic nitrogens is 4. The summed E-state index contributed by atoms with van der Waals surface area (Å²) in [4.78, 5) is 32.8. The number of amides is 1. The maximum Gasteiger partial charge on any atom is 0.352 e. The van der Waals surface area contributed by atoms with Gasteiger partial charge in [0, 0.05) is 29.4 Å². The number of carbonyl (C=O) groups is 1. The van der Waals surface area contributed by atoms with E-state index in [-0.39, 0.29) is 18.5 Å². The summed E-state index contributed by atoms with van der Waals surface area (Å²) in [6.07, 6.45) is 6.58. The molecule has 3 aromatic rings. The van der Waals surface area contributed by atoms with Crippen molar-refractivity contribution in [1.82, 2.24) is 29.5 Å². The van der Waals surface area contributed by atoms with Crippen LogP contribution in [0.25, 0.3) is 17.2 Å². The van der Waals surface area contributed by atoms with E-state index >= 15 is 0 Å². The molecule has 0 unspecified atom stereocenters. The first-order valence-corrected chi connectivity index (χ1v) is 12.2. The lowest BCUT2D eigenvalue weighted by Crippen LogP contribution is -2.36. The zero-order valence-electron chi connectivity index (χ0n) is 19.7. The van der Waals surface area contributed by atoms with Crippen LogP contribution in [0.1, 0.15) is 38.7 Å². The van der Waals surface area contributed by atoms with Gasteiger partial charge in [-0.05, 0) is 70.0 Å². The predicted molar refractivity (Wildman–Crippen MR) is 133 cm³/mol. The van der Waals surface area contributed by atoms with E-state index in [1.54, 1.807) is 30.5 Å². The van der Waals surface area contributed by atoms with Crippen molar-refractivity contribution in [2.24, 2.45) is 0 Å². The Morgan fingerprint density at radius 1 is 1.15 bits per heavy atom. The lowest BCUT2D eigenvalue weighted by Gasteiger charge is -2.26. The van der Waals surface area contributed by atoms with Gasteiger partial charge in [-0.2, -0.15) is 4.68 Å². The van der Waals surface area contributed by atoms with Crippen LogP contribution in [0.5, 0.6) is 0 Å². The van der Waals surface area contributed by atoms with Gasteiger partial charge in [0.1, 0.15) is 6.54 Å². The molecule has 0 radical (unpaired) electrons. The summed E-state index contributed by atoms with van der Waals surface area (Å²) < 4.78 is 2.60. The van der Waals surface area contributed by atoms with Gasteiger partial charge in [-0.3, -0.25) is 9.36 Å². The highest BCUT2D eigenvalue weighted by molar-refractivity contribution is 6.30. The van der Waals surface area contributed by atoms with Crippen LogP contribution in [-0.4, -0.2) is 55.8 Å². The number of likely N-dealkylation sites (tertiary alicyclic amines) is 1. The molecule has 2 aromatic heterocycles. The minimum Gasteiger partial charge on any atom is -0.352 e. The SMILES string of the molecule is CC(C)NC(=O)Cn1c(-c2cccc(Cl)c2)nn(-c2ccc(CCN3CCCCC3)cn2)c1=O. The predicted octanol–water partition coefficient (Wildman–Crippen LogP) is 3.30. The summed E-state index contributed by atoms with van der Waals surface area (Å²) in [6.45, 7) is 6.94. The first-order chi connectivity index (χ1) is 16.4. The van der Waals surface area contributed by atoms with Gasteiger partial charge in [0.05, 0.1) is 0 Å². The molecule has 1 N–H and O–H groups in total. The number of benzene rings is 1. The Kier molecular flexibility index (Phi) is 7.80. The Labute approximate surface area is 204 Å². The van der Waals surface area contributed by atoms with Gasteiger partial charge >= 0.3 is 5.69 Å². The molecule has 9 heteroatoms. The van der Waals surface area contributed by atoms with Gasteiger partial charge in [0.25, 0.3) is 0 Å². The van der Waals surface area contributed by atoms with Crippen LogP contribution < -0.4 is 11.0 Å². The Bertz CT molecular complexity index is 1180. The second-order valence-corrected chi connectivity index (χ2v) is 9.45. The van der Waals surface area contributed by atoms with Gasteiger partial charge in [0.15, 0.2) is 11.6 Å². The van der Waals surface area contributed by atoms with Crippen molar-refractivity contribution < 1.29 is 4.79 Å². The van der Waals surface area contributed by atoms with Gasteiger partial charge in [-0.15, -0.1) is 5.10 Å². The lowest BCUT2D eigenvalue weighted by atomic mass is 10.1. The summed E-state index contributed by atoms with van der Waals surface area (Å²) in [5, 5.41) is 7.88. The molecule has 8 nitrogen and oxygen atoms in total. The molecule has 0 bridgehead atoms. The highest BCUT2D eigenvalue weighted by Crippen LogP contribution is 2.21. The molecule has 1 saturated heterocycles. The van der Waals surface area contributed by atoms with Gasteiger partial charge in [-0.25, -0.2) is 9.78 Å². The molecule has 4 rings (SSSR count). The van der Waals surface area contributed by atoms with E-state index in [0.717, 1.165) is 31.6 Å². The molecule has 0 saturated carbocycles. The molecule has 34 heavy (non-hydrogen) atoms. The number of hydrogen-bond donors (Lipinski definition) is 1. The molecule has 1 aliphatic rings. The van der Waals surface area contributed by atoms with Crippen molar-refractivity contribution in [2.75, 3.05) is 19.6 Å². The minimum atomic E-state index is -0.428. The zero-order chi connectivity index (χ0) is 24.1. The van der Waals surface area contributed by atoms with Crippen LogP contribution in [0.3, 0.4) is 0 Å². The van der Waals surface area contributed by atoms with Gasteiger partial charge < -0.3 is 10.2 Å². The Morgan fingerprint density at radius 3 is 2.62 bits per heavy atom. The second kappa shape index (κ2) is 11.0. The van der Waals surface area contributed by atoms with Crippen LogP contribution in [0, 0.1) is 0 Å². The third-order valence-corrected chi connectivity index (χ3v) is 6.12. The van der Waals surface area contributed by atoms with E-state index in [4.69, 9.17) is 11.6 Å². The van der Waals surface area contributed by atoms with Crippen molar-refractivity contribution in [2.45, 2.75) is 52.1 Å². The monoisotopic (exact) mass is 482 g/mol. The number of carbonyl (C=O) groups excluding carboxylic acids is 1. The van der Waals surface area contributed by atoms with Crippen LogP contribution in [-0.2, 0) is 17.8 Å². The third-order valence-electron chi connectivity index (χ3n) is 5.89. The smallest absolute Gasteiger partial charge is 0.352 e. The standard InChI is InChI=1S/C25H31ClN6O2/c1-18(2)28-23(33)17-31-24(20-7-6-8-21(26)15-20)29-32(25(31)34)22-10-9-19(16-27-22)11-14-30-12-4-3-5-13-30/h6-10,15-16,18H,3-5,11-14,17H2,1-2H3,(H,28,33). The summed E-state index contributed by atoms with van der Waals surface area (Å²) in [6, 6.07) is 10.8. The third kappa shape index (κ3) is 5.93. The van der Waals surface area contributed by atoms with Crippen LogP contribution in [0.4, 0.5) is 0 Å². The van der Waals surface area contributed by atoms with Gasteiger partial charge in [-0.1, -0.05) is 36.2 Å². The molecular weight excluding hydrogens is 452 g/mol. The normalized spacial score (nSPS) is 14.5. The fourth-order valence-corrected chi connectivity index (χ4v) is 4.39. The van der Waals surface area contributed by atoms with Crippen molar-refractivity contribution in [1.29, 1.82) is 0 Å². The Morgan fingerprint density at radius 2 is 1.94 bits per heavy atom. The summed E-state index contributed by atoms with van der Waals surface area (Å²) in [7, 11) is 0. The highest BCUT2D eigenvalue weighted by atomic mass is 35.5. The van der Waals surface area contributed by atoms with Crippen molar-refractivity contribution in [3.05, 3.63) is 63.7 Å². The average Bonchev–Trinajstić information content (AvgIpc) is 3.14. The maximum absolute atomic E-state index is 13.3. The molecule has 1 aliphatic heterocycles. The average molecular weight is 483 g/mol. The van der Waals surface area contributed by atoms with E-state index in [2.05, 4.69) is 20.3 Å². The fraction of sp³-hybridized carbons (Fsp3) is 0.440. The number of halogens is 1. The molecule has 1 aromatic carbocycles. The first-order valence-electron chi connectivity index (χ1n) is 11.8. The molecule has 1 fully saturated rings. The number of piperidine rings is 1. The quantitative estimate of drug-likeness (QED) is 0.532. The van der Waals surface area contributed by atoms with Crippen LogP contribution >= 0.6 is 11.6 Å². The summed E-state index contributed by atoms with van der Waals surface area (Å²) in [5.74, 6) is 0.515. The van der Waals surface area contributed by atoms with Gasteiger partial charge in [0.2, 0.25) is 5.91 Å². The Balaban J connectivity index is 1.60. The number of nitrogens with zero attached hydrogens (tertiary/aromatic N) is 5. The fourth-order valence-electron chi connectivity index (χ4n) is 4.20. The van der Waals surface area contributed by atoms with Crippen molar-refractivity contribution in [3.63, 3.8) is 0 Å². The molecular formula is C25H31ClN6O2. The number of hydrogen-bond acceptors (Lipinski definition) is 5. The molecule has 0 atom stereocenters. The number of rotatable bonds is 8. The zero-order valence-corrected chi connectivity index (χ0v) is 20.5. The number of nitrogens with one attached hydrogen (secondary N) is 1. The molecule has 1 amide bonds. The van der Waals surface area contributed by atoms with E-state index < -0.39 is 5.69 Å². The van der Waals surface area contributed by atoms with E-state index in [0.29, 0.717) is 22.2 Å². The minimum absolute atomic E-state index is 0.0352. The van der Waals surface area contributed by atoms with E-state index in [1.165, 1.54) is 28.5 Å².